The van der Waals surface area contributed by atoms with E-state index in [9.17, 15) is 9.59 Å². The summed E-state index contributed by atoms with van der Waals surface area (Å²) in [7, 11) is 1.30. The fraction of sp³-hybridized carbons (Fsp3) is 0.250. The van der Waals surface area contributed by atoms with Crippen LogP contribution in [0.2, 0.25) is 10.2 Å². The summed E-state index contributed by atoms with van der Waals surface area (Å²) in [6.07, 6.45) is 5.66. The Bertz CT molecular complexity index is 1570. The van der Waals surface area contributed by atoms with Crippen LogP contribution in [-0.4, -0.2) is 62.6 Å². The minimum atomic E-state index is -0.565. The van der Waals surface area contributed by atoms with Crippen molar-refractivity contribution in [1.29, 1.82) is 0 Å². The number of halogens is 2. The second kappa shape index (κ2) is 13.5. The molecule has 0 bridgehead atoms. The van der Waals surface area contributed by atoms with Gasteiger partial charge in [-0.2, -0.15) is 9.78 Å². The van der Waals surface area contributed by atoms with Crippen molar-refractivity contribution in [2.75, 3.05) is 25.5 Å². The van der Waals surface area contributed by atoms with Crippen LogP contribution < -0.4 is 16.0 Å². The first-order chi connectivity index (χ1) is 20.4. The quantitative estimate of drug-likeness (QED) is 0.234. The summed E-state index contributed by atoms with van der Waals surface area (Å²) < 4.78 is 6.13. The summed E-state index contributed by atoms with van der Waals surface area (Å²) >= 11 is 12.7. The molecule has 2 unspecified atom stereocenters. The lowest BCUT2D eigenvalue weighted by Gasteiger charge is -2.21. The number of hydrogen-bond donors (Lipinski definition) is 3. The van der Waals surface area contributed by atoms with Crippen molar-refractivity contribution >= 4 is 47.0 Å². The molecule has 3 heterocycles. The van der Waals surface area contributed by atoms with Gasteiger partial charge in [0.05, 0.1) is 24.5 Å². The number of nitrogens with zero attached hydrogens (tertiary/aromatic N) is 6. The van der Waals surface area contributed by atoms with Gasteiger partial charge in [0.15, 0.2) is 5.15 Å². The van der Waals surface area contributed by atoms with Gasteiger partial charge in [-0.25, -0.2) is 4.79 Å². The standard InChI is InChI=1S/C28H27Cl2N9O3/c1-42-28(41)33-21-6-2-18(3-7-21)22-14-24(35-36-27(22)30)23(12-17-10-11-31-15-17)34-26(40)9-4-19-13-20(29)5-8-25(19)39-16-32-37-38-39/h2-9,13-14,16-17,23,31H,10-12,15H2,1H3,(H,33,41)(H,34,40). The Labute approximate surface area is 251 Å². The molecule has 12 nitrogen and oxygen atoms in total. The molecule has 0 radical (unpaired) electrons. The van der Waals surface area contributed by atoms with Gasteiger partial charge in [0.25, 0.3) is 0 Å². The van der Waals surface area contributed by atoms with E-state index in [1.165, 1.54) is 24.2 Å². The van der Waals surface area contributed by atoms with Crippen molar-refractivity contribution in [1.82, 2.24) is 41.0 Å². The average Bonchev–Trinajstić information content (AvgIpc) is 3.72. The van der Waals surface area contributed by atoms with Crippen molar-refractivity contribution < 1.29 is 14.3 Å². The average molecular weight is 608 g/mol. The molecule has 1 aliphatic heterocycles. The highest BCUT2D eigenvalue weighted by molar-refractivity contribution is 6.32. The molecule has 5 rings (SSSR count). The van der Waals surface area contributed by atoms with E-state index in [0.29, 0.717) is 45.6 Å². The van der Waals surface area contributed by atoms with Gasteiger partial charge >= 0.3 is 6.09 Å². The molecule has 3 N–H and O–H groups in total. The number of amides is 2. The van der Waals surface area contributed by atoms with Gasteiger partial charge in [0.2, 0.25) is 5.91 Å². The Morgan fingerprint density at radius 2 is 2.00 bits per heavy atom. The van der Waals surface area contributed by atoms with Crippen LogP contribution in [0.3, 0.4) is 0 Å². The van der Waals surface area contributed by atoms with Crippen LogP contribution in [0.1, 0.15) is 30.1 Å². The molecule has 4 aromatic rings. The van der Waals surface area contributed by atoms with Crippen molar-refractivity contribution in [3.8, 4) is 16.8 Å². The minimum absolute atomic E-state index is 0.219. The maximum Gasteiger partial charge on any atom is 0.411 e. The Morgan fingerprint density at radius 3 is 2.71 bits per heavy atom. The highest BCUT2D eigenvalue weighted by Crippen LogP contribution is 2.31. The maximum atomic E-state index is 13.2. The molecule has 14 heteroatoms. The third kappa shape index (κ3) is 7.27. The maximum absolute atomic E-state index is 13.2. The first kappa shape index (κ1) is 29.1. The summed E-state index contributed by atoms with van der Waals surface area (Å²) in [6.45, 7) is 1.77. The molecule has 216 valence electrons. The number of nitrogens with one attached hydrogen (secondary N) is 3. The summed E-state index contributed by atoms with van der Waals surface area (Å²) in [5, 5.41) is 29.6. The number of carbonyl (C=O) groups is 2. The van der Waals surface area contributed by atoms with Crippen LogP contribution in [0.25, 0.3) is 22.9 Å². The van der Waals surface area contributed by atoms with Gasteiger partial charge < -0.3 is 15.4 Å². The van der Waals surface area contributed by atoms with E-state index >= 15 is 0 Å². The van der Waals surface area contributed by atoms with Gasteiger partial charge in [0.1, 0.15) is 6.33 Å². The molecular formula is C28H27Cl2N9O3. The van der Waals surface area contributed by atoms with E-state index in [2.05, 4.69) is 46.4 Å². The van der Waals surface area contributed by atoms with Crippen LogP contribution >= 0.6 is 23.2 Å². The molecule has 0 aliphatic carbocycles. The largest absolute Gasteiger partial charge is 0.453 e. The van der Waals surface area contributed by atoms with Crippen LogP contribution in [0.15, 0.2) is 60.9 Å². The van der Waals surface area contributed by atoms with Crippen molar-refractivity contribution in [3.63, 3.8) is 0 Å². The predicted molar refractivity (Wildman–Crippen MR) is 158 cm³/mol. The Hall–Kier alpha value is -4.39. The highest BCUT2D eigenvalue weighted by atomic mass is 35.5. The molecular weight excluding hydrogens is 581 g/mol. The SMILES string of the molecule is COC(=O)Nc1ccc(-c2cc(C(CC3CCNC3)NC(=O)C=Cc3cc(Cl)ccc3-n3cnnn3)nnc2Cl)cc1. The summed E-state index contributed by atoms with van der Waals surface area (Å²) in [4.78, 5) is 24.7. The number of aromatic nitrogens is 6. The number of anilines is 1. The van der Waals surface area contributed by atoms with Gasteiger partial charge in [-0.3, -0.25) is 10.1 Å². The molecule has 2 aromatic carbocycles. The summed E-state index contributed by atoms with van der Waals surface area (Å²) in [6, 6.07) is 13.7. The molecule has 2 amide bonds. The van der Waals surface area contributed by atoms with Crippen LogP contribution in [0, 0.1) is 5.92 Å². The van der Waals surface area contributed by atoms with E-state index in [1.54, 1.807) is 36.4 Å². The number of ether oxygens (including phenoxy) is 1. The number of tetrazole rings is 1. The number of carbonyl (C=O) groups excluding carboxylic acids is 2. The number of rotatable bonds is 9. The van der Waals surface area contributed by atoms with E-state index in [-0.39, 0.29) is 11.1 Å². The molecule has 0 spiro atoms. The normalized spacial score (nSPS) is 15.5. The number of methoxy groups -OCH3 is 1. The molecule has 1 fully saturated rings. The van der Waals surface area contributed by atoms with Gasteiger partial charge in [-0.15, -0.1) is 10.2 Å². The third-order valence-electron chi connectivity index (χ3n) is 6.80. The summed E-state index contributed by atoms with van der Waals surface area (Å²) in [5.74, 6) is 0.0355. The second-order valence-corrected chi connectivity index (χ2v) is 10.4. The fourth-order valence-corrected chi connectivity index (χ4v) is 5.08. The third-order valence-corrected chi connectivity index (χ3v) is 7.31. The zero-order chi connectivity index (χ0) is 29.5. The molecule has 1 aliphatic rings. The van der Waals surface area contributed by atoms with Gasteiger partial charge in [-0.1, -0.05) is 35.3 Å². The first-order valence-electron chi connectivity index (χ1n) is 13.1. The minimum Gasteiger partial charge on any atom is -0.453 e. The topological polar surface area (TPSA) is 149 Å². The molecule has 2 aromatic heterocycles. The molecule has 0 saturated carbocycles. The molecule has 2 atom stereocenters. The van der Waals surface area contributed by atoms with E-state index in [0.717, 1.165) is 25.1 Å². The highest BCUT2D eigenvalue weighted by Gasteiger charge is 2.24. The van der Waals surface area contributed by atoms with Crippen molar-refractivity contribution in [2.45, 2.75) is 18.9 Å². The Kier molecular flexibility index (Phi) is 9.37. The Morgan fingerprint density at radius 1 is 1.17 bits per heavy atom. The second-order valence-electron chi connectivity index (χ2n) is 9.61. The number of benzene rings is 2. The monoisotopic (exact) mass is 607 g/mol. The van der Waals surface area contributed by atoms with Gasteiger partial charge in [0, 0.05) is 27.9 Å². The van der Waals surface area contributed by atoms with E-state index < -0.39 is 12.1 Å². The van der Waals surface area contributed by atoms with Gasteiger partial charge in [-0.05, 0) is 90.3 Å². The lowest BCUT2D eigenvalue weighted by molar-refractivity contribution is -0.117. The van der Waals surface area contributed by atoms with E-state index in [4.69, 9.17) is 23.2 Å². The smallest absolute Gasteiger partial charge is 0.411 e. The van der Waals surface area contributed by atoms with E-state index in [1.807, 2.05) is 18.2 Å². The lowest BCUT2D eigenvalue weighted by atomic mass is 9.95. The summed E-state index contributed by atoms with van der Waals surface area (Å²) in [5.41, 5.74) is 3.91. The van der Waals surface area contributed by atoms with Crippen molar-refractivity contribution in [2.24, 2.45) is 5.92 Å². The van der Waals surface area contributed by atoms with Crippen LogP contribution in [-0.2, 0) is 9.53 Å². The Balaban J connectivity index is 1.39. The fourth-order valence-electron chi connectivity index (χ4n) is 4.69. The van der Waals surface area contributed by atoms with Crippen LogP contribution in [0.5, 0.6) is 0 Å². The zero-order valence-corrected chi connectivity index (χ0v) is 24.0. The first-order valence-corrected chi connectivity index (χ1v) is 13.9. The predicted octanol–water partition coefficient (Wildman–Crippen LogP) is 4.47. The molecule has 1 saturated heterocycles. The van der Waals surface area contributed by atoms with Crippen LogP contribution in [0.4, 0.5) is 10.5 Å². The molecule has 42 heavy (non-hydrogen) atoms. The zero-order valence-electron chi connectivity index (χ0n) is 22.5. The number of hydrogen-bond acceptors (Lipinski definition) is 9. The lowest BCUT2D eigenvalue weighted by Crippen LogP contribution is -2.30. The van der Waals surface area contributed by atoms with Crippen molar-refractivity contribution in [3.05, 3.63) is 82.4 Å².